The van der Waals surface area contributed by atoms with Gasteiger partial charge in [0.2, 0.25) is 6.41 Å². The number of aryl methyl sites for hydroxylation is 1. The highest BCUT2D eigenvalue weighted by Gasteiger charge is 2.10. The molecule has 0 radical (unpaired) electrons. The number of benzene rings is 2. The first kappa shape index (κ1) is 15.1. The van der Waals surface area contributed by atoms with E-state index in [-0.39, 0.29) is 0 Å². The van der Waals surface area contributed by atoms with Crippen molar-refractivity contribution in [3.8, 4) is 0 Å². The molecule has 0 bridgehead atoms. The van der Waals surface area contributed by atoms with Gasteiger partial charge >= 0.3 is 0 Å². The van der Waals surface area contributed by atoms with Gasteiger partial charge in [-0.05, 0) is 29.7 Å². The van der Waals surface area contributed by atoms with Crippen molar-refractivity contribution in [3.05, 3.63) is 59.7 Å². The molecule has 1 amide bonds. The smallest absolute Gasteiger partial charge is 0.213 e. The normalized spacial score (nSPS) is 10.2. The number of hydrogen-bond donors (Lipinski definition) is 0. The number of carbonyl (C=O) groups excluding carboxylic acids is 1. The SMILES string of the molecule is CCc1cccc(CN(C)c2ccccc2N(C)C=O)c1. The minimum Gasteiger partial charge on any atom is -0.369 e. The van der Waals surface area contributed by atoms with Crippen LogP contribution < -0.4 is 9.80 Å². The lowest BCUT2D eigenvalue weighted by Crippen LogP contribution is -2.22. The van der Waals surface area contributed by atoms with Gasteiger partial charge in [-0.2, -0.15) is 0 Å². The monoisotopic (exact) mass is 282 g/mol. The summed E-state index contributed by atoms with van der Waals surface area (Å²) in [6.45, 7) is 2.98. The van der Waals surface area contributed by atoms with Gasteiger partial charge in [-0.15, -0.1) is 0 Å². The number of amides is 1. The lowest BCUT2D eigenvalue weighted by Gasteiger charge is -2.25. The molecule has 0 aliphatic carbocycles. The molecule has 21 heavy (non-hydrogen) atoms. The van der Waals surface area contributed by atoms with Crippen LogP contribution in [0.4, 0.5) is 11.4 Å². The van der Waals surface area contributed by atoms with Crippen LogP contribution in [0.1, 0.15) is 18.1 Å². The summed E-state index contributed by atoms with van der Waals surface area (Å²) in [5.41, 5.74) is 4.59. The van der Waals surface area contributed by atoms with Gasteiger partial charge in [0, 0.05) is 20.6 Å². The molecule has 0 saturated carbocycles. The third-order valence-corrected chi connectivity index (χ3v) is 3.65. The molecule has 110 valence electrons. The Labute approximate surface area is 126 Å². The van der Waals surface area contributed by atoms with Gasteiger partial charge in [0.1, 0.15) is 0 Å². The van der Waals surface area contributed by atoms with Crippen molar-refractivity contribution in [3.63, 3.8) is 0 Å². The highest BCUT2D eigenvalue weighted by molar-refractivity contribution is 5.83. The van der Waals surface area contributed by atoms with Crippen LogP contribution >= 0.6 is 0 Å². The third-order valence-electron chi connectivity index (χ3n) is 3.65. The second-order valence-corrected chi connectivity index (χ2v) is 5.23. The Hall–Kier alpha value is -2.29. The minimum absolute atomic E-state index is 0.817. The predicted octanol–water partition coefficient (Wildman–Crippen LogP) is 3.48. The maximum Gasteiger partial charge on any atom is 0.213 e. The highest BCUT2D eigenvalue weighted by atomic mass is 16.1. The molecular formula is C18H22N2O. The van der Waals surface area contributed by atoms with E-state index in [0.717, 1.165) is 30.8 Å². The zero-order valence-electron chi connectivity index (χ0n) is 12.9. The molecule has 2 aromatic carbocycles. The van der Waals surface area contributed by atoms with Crippen molar-refractivity contribution in [2.24, 2.45) is 0 Å². The summed E-state index contributed by atoms with van der Waals surface area (Å²) < 4.78 is 0. The van der Waals surface area contributed by atoms with Crippen molar-refractivity contribution in [1.29, 1.82) is 0 Å². The number of nitrogens with zero attached hydrogens (tertiary/aromatic N) is 2. The largest absolute Gasteiger partial charge is 0.369 e. The third kappa shape index (κ3) is 3.63. The van der Waals surface area contributed by atoms with Crippen LogP contribution in [0.2, 0.25) is 0 Å². The minimum atomic E-state index is 0.817. The Kier molecular flexibility index (Phi) is 4.99. The van der Waals surface area contributed by atoms with Crippen LogP contribution in [0.15, 0.2) is 48.5 Å². The zero-order valence-corrected chi connectivity index (χ0v) is 12.9. The molecule has 2 rings (SSSR count). The van der Waals surface area contributed by atoms with Gasteiger partial charge in [-0.1, -0.05) is 43.3 Å². The van der Waals surface area contributed by atoms with E-state index in [9.17, 15) is 4.79 Å². The average molecular weight is 282 g/mol. The summed E-state index contributed by atoms with van der Waals surface area (Å²) in [4.78, 5) is 14.8. The van der Waals surface area contributed by atoms with Crippen LogP contribution in [0.5, 0.6) is 0 Å². The fraction of sp³-hybridized carbons (Fsp3) is 0.278. The van der Waals surface area contributed by atoms with Crippen molar-refractivity contribution >= 4 is 17.8 Å². The van der Waals surface area contributed by atoms with Gasteiger partial charge in [0.25, 0.3) is 0 Å². The van der Waals surface area contributed by atoms with Crippen LogP contribution in [0, 0.1) is 0 Å². The van der Waals surface area contributed by atoms with Crippen molar-refractivity contribution < 1.29 is 4.79 Å². The molecule has 0 fully saturated rings. The van der Waals surface area contributed by atoms with Crippen LogP contribution in [0.3, 0.4) is 0 Å². The molecule has 0 aliphatic heterocycles. The van der Waals surface area contributed by atoms with E-state index in [1.165, 1.54) is 11.1 Å². The van der Waals surface area contributed by atoms with Crippen LogP contribution in [-0.2, 0) is 17.8 Å². The molecule has 3 nitrogen and oxygen atoms in total. The number of anilines is 2. The summed E-state index contributed by atoms with van der Waals surface area (Å²) in [6.07, 6.45) is 1.88. The molecule has 0 aromatic heterocycles. The zero-order chi connectivity index (χ0) is 15.2. The topological polar surface area (TPSA) is 23.6 Å². The summed E-state index contributed by atoms with van der Waals surface area (Å²) in [5, 5.41) is 0. The molecule has 0 unspecified atom stereocenters. The van der Waals surface area contributed by atoms with Crippen LogP contribution in [-0.4, -0.2) is 20.5 Å². The fourth-order valence-corrected chi connectivity index (χ4v) is 2.45. The van der Waals surface area contributed by atoms with E-state index < -0.39 is 0 Å². The van der Waals surface area contributed by atoms with Crippen molar-refractivity contribution in [2.75, 3.05) is 23.9 Å². The Balaban J connectivity index is 2.24. The van der Waals surface area contributed by atoms with Crippen molar-refractivity contribution in [2.45, 2.75) is 19.9 Å². The number of para-hydroxylation sites is 2. The van der Waals surface area contributed by atoms with E-state index >= 15 is 0 Å². The molecule has 3 heteroatoms. The number of hydrogen-bond acceptors (Lipinski definition) is 2. The first-order valence-electron chi connectivity index (χ1n) is 7.21. The average Bonchev–Trinajstić information content (AvgIpc) is 2.54. The number of rotatable bonds is 6. The molecule has 0 N–H and O–H groups in total. The molecule has 0 aliphatic rings. The van der Waals surface area contributed by atoms with E-state index in [0.29, 0.717) is 0 Å². The van der Waals surface area contributed by atoms with Gasteiger partial charge < -0.3 is 9.80 Å². The predicted molar refractivity (Wildman–Crippen MR) is 88.8 cm³/mol. The summed E-state index contributed by atoms with van der Waals surface area (Å²) in [6, 6.07) is 16.6. The number of carbonyl (C=O) groups is 1. The Bertz CT molecular complexity index is 610. The summed E-state index contributed by atoms with van der Waals surface area (Å²) in [7, 11) is 3.83. The molecule has 0 atom stereocenters. The quantitative estimate of drug-likeness (QED) is 0.757. The van der Waals surface area contributed by atoms with E-state index in [1.54, 1.807) is 11.9 Å². The summed E-state index contributed by atoms with van der Waals surface area (Å²) in [5.74, 6) is 0. The first-order valence-corrected chi connectivity index (χ1v) is 7.21. The highest BCUT2D eigenvalue weighted by Crippen LogP contribution is 2.28. The van der Waals surface area contributed by atoms with Crippen molar-refractivity contribution in [1.82, 2.24) is 0 Å². The summed E-state index contributed by atoms with van der Waals surface area (Å²) >= 11 is 0. The fourth-order valence-electron chi connectivity index (χ4n) is 2.45. The maximum absolute atomic E-state index is 11.0. The lowest BCUT2D eigenvalue weighted by molar-refractivity contribution is -0.107. The van der Waals surface area contributed by atoms with E-state index in [4.69, 9.17) is 0 Å². The maximum atomic E-state index is 11.0. The van der Waals surface area contributed by atoms with Gasteiger partial charge in [-0.3, -0.25) is 4.79 Å². The second kappa shape index (κ2) is 6.93. The molecule has 0 saturated heterocycles. The second-order valence-electron chi connectivity index (χ2n) is 5.23. The molecule has 0 heterocycles. The van der Waals surface area contributed by atoms with E-state index in [2.05, 4.69) is 43.1 Å². The Morgan fingerprint density at radius 2 is 1.62 bits per heavy atom. The molecular weight excluding hydrogens is 260 g/mol. The Morgan fingerprint density at radius 1 is 0.952 bits per heavy atom. The van der Waals surface area contributed by atoms with Crippen LogP contribution in [0.25, 0.3) is 0 Å². The van der Waals surface area contributed by atoms with Gasteiger partial charge in [0.15, 0.2) is 0 Å². The molecule has 0 spiro atoms. The molecule has 2 aromatic rings. The first-order chi connectivity index (χ1) is 10.2. The Morgan fingerprint density at radius 3 is 2.29 bits per heavy atom. The lowest BCUT2D eigenvalue weighted by atomic mass is 10.1. The standard InChI is InChI=1S/C18H22N2O/c1-4-15-8-7-9-16(12-15)13-19(2)17-10-5-6-11-18(17)20(3)14-21/h5-12,14H,4,13H2,1-3H3. The van der Waals surface area contributed by atoms with E-state index in [1.807, 2.05) is 24.3 Å². The van der Waals surface area contributed by atoms with Gasteiger partial charge in [0.05, 0.1) is 11.4 Å². The van der Waals surface area contributed by atoms with Gasteiger partial charge in [-0.25, -0.2) is 0 Å².